The van der Waals surface area contributed by atoms with E-state index in [9.17, 15) is 26.4 Å². The molecule has 2 fully saturated rings. The largest absolute Gasteiger partial charge is 0.416 e. The van der Waals surface area contributed by atoms with Gasteiger partial charge in [-0.05, 0) is 43.2 Å². The molecule has 11 heteroatoms. The molecule has 0 spiro atoms. The topological polar surface area (TPSA) is 73.8 Å². The van der Waals surface area contributed by atoms with Gasteiger partial charge in [0.05, 0.1) is 10.5 Å². The van der Waals surface area contributed by atoms with Gasteiger partial charge in [-0.25, -0.2) is 13.4 Å². The monoisotopic (exact) mass is 482 g/mol. The van der Waals surface area contributed by atoms with Gasteiger partial charge in [-0.15, -0.1) is 0 Å². The second kappa shape index (κ2) is 9.30. The van der Waals surface area contributed by atoms with Gasteiger partial charge < -0.3 is 9.80 Å². The number of amides is 1. The van der Waals surface area contributed by atoms with Crippen LogP contribution in [0.5, 0.6) is 0 Å². The maximum Gasteiger partial charge on any atom is 0.416 e. The van der Waals surface area contributed by atoms with E-state index >= 15 is 0 Å². The van der Waals surface area contributed by atoms with Crippen LogP contribution in [0.4, 0.5) is 19.0 Å². The average molecular weight is 483 g/mol. The van der Waals surface area contributed by atoms with Crippen LogP contribution in [0, 0.1) is 5.92 Å². The quantitative estimate of drug-likeness (QED) is 0.670. The highest BCUT2D eigenvalue weighted by atomic mass is 32.2. The number of pyridine rings is 1. The Balaban J connectivity index is 1.34. The van der Waals surface area contributed by atoms with Gasteiger partial charge >= 0.3 is 6.18 Å². The van der Waals surface area contributed by atoms with E-state index in [4.69, 9.17) is 0 Å². The normalized spacial score (nSPS) is 19.0. The number of benzene rings is 1. The van der Waals surface area contributed by atoms with Gasteiger partial charge in [0.2, 0.25) is 15.9 Å². The predicted molar refractivity (Wildman–Crippen MR) is 116 cm³/mol. The molecule has 4 rings (SSSR count). The molecule has 2 aliphatic rings. The number of carbonyl (C=O) groups is 1. The van der Waals surface area contributed by atoms with E-state index in [1.54, 1.807) is 11.1 Å². The van der Waals surface area contributed by atoms with Crippen LogP contribution in [0.2, 0.25) is 0 Å². The molecular weight excluding hydrogens is 457 g/mol. The molecule has 178 valence electrons. The Morgan fingerprint density at radius 1 is 0.939 bits per heavy atom. The molecule has 0 saturated carbocycles. The van der Waals surface area contributed by atoms with Crippen LogP contribution in [0.15, 0.2) is 53.6 Å². The van der Waals surface area contributed by atoms with Crippen LogP contribution in [0.3, 0.4) is 0 Å². The number of carbonyl (C=O) groups excluding carboxylic acids is 1. The molecule has 2 saturated heterocycles. The van der Waals surface area contributed by atoms with Gasteiger partial charge in [0.15, 0.2) is 0 Å². The molecule has 0 radical (unpaired) electrons. The number of sulfonamides is 1. The summed E-state index contributed by atoms with van der Waals surface area (Å²) in [6, 6.07) is 9.46. The molecule has 0 atom stereocenters. The number of piperazine rings is 1. The van der Waals surface area contributed by atoms with E-state index in [1.165, 1.54) is 10.4 Å². The van der Waals surface area contributed by atoms with Crippen LogP contribution in [-0.2, 0) is 21.0 Å². The third-order valence-corrected chi connectivity index (χ3v) is 8.06. The van der Waals surface area contributed by atoms with Crippen LogP contribution in [-0.4, -0.2) is 67.8 Å². The molecule has 1 aromatic carbocycles. The maximum atomic E-state index is 13.0. The van der Waals surface area contributed by atoms with E-state index < -0.39 is 21.8 Å². The third-order valence-electron chi connectivity index (χ3n) is 6.17. The Hall–Kier alpha value is -2.66. The molecule has 1 amide bonds. The van der Waals surface area contributed by atoms with Gasteiger partial charge in [0.25, 0.3) is 0 Å². The lowest BCUT2D eigenvalue weighted by molar-refractivity contribution is -0.138. The summed E-state index contributed by atoms with van der Waals surface area (Å²) in [5.74, 6) is 0.587. The first-order chi connectivity index (χ1) is 15.7. The first-order valence-electron chi connectivity index (χ1n) is 10.8. The first kappa shape index (κ1) is 23.5. The molecule has 0 bridgehead atoms. The van der Waals surface area contributed by atoms with Crippen molar-refractivity contribution in [1.29, 1.82) is 0 Å². The van der Waals surface area contributed by atoms with Crippen molar-refractivity contribution < 1.29 is 26.4 Å². The minimum atomic E-state index is -4.62. The minimum absolute atomic E-state index is 0.00628. The number of anilines is 1. The predicted octanol–water partition coefficient (Wildman–Crippen LogP) is 2.85. The van der Waals surface area contributed by atoms with Crippen molar-refractivity contribution in [3.05, 3.63) is 54.2 Å². The summed E-state index contributed by atoms with van der Waals surface area (Å²) in [5, 5.41) is 0. The average Bonchev–Trinajstić information content (AvgIpc) is 2.84. The molecule has 0 unspecified atom stereocenters. The Bertz CT molecular complexity index is 1080. The van der Waals surface area contributed by atoms with Gasteiger partial charge in [0, 0.05) is 51.4 Å². The lowest BCUT2D eigenvalue weighted by Gasteiger charge is -2.38. The van der Waals surface area contributed by atoms with E-state index in [0.717, 1.165) is 18.0 Å². The molecular formula is C22H25F3N4O3S. The zero-order chi connectivity index (χ0) is 23.6. The van der Waals surface area contributed by atoms with Crippen molar-refractivity contribution >= 4 is 21.7 Å². The van der Waals surface area contributed by atoms with Crippen LogP contribution >= 0.6 is 0 Å². The number of hydrogen-bond donors (Lipinski definition) is 0. The number of alkyl halides is 3. The number of rotatable bonds is 4. The molecule has 7 nitrogen and oxygen atoms in total. The second-order valence-electron chi connectivity index (χ2n) is 8.20. The Kier molecular flexibility index (Phi) is 6.62. The van der Waals surface area contributed by atoms with E-state index in [-0.39, 0.29) is 29.8 Å². The first-order valence-corrected chi connectivity index (χ1v) is 12.2. The fraction of sp³-hybridized carbons (Fsp3) is 0.455. The summed E-state index contributed by atoms with van der Waals surface area (Å²) in [5.41, 5.74) is -1.00. The standard InChI is InChI=1S/C22H25F3N4O3S/c23-22(24,25)18-4-3-5-19(16-18)33(31,32)29-10-7-17(8-11-29)21(30)28-14-12-27(13-15-28)20-6-1-2-9-26-20/h1-6,9,16-17H,7-8,10-15H2. The smallest absolute Gasteiger partial charge is 0.353 e. The number of hydrogen-bond acceptors (Lipinski definition) is 5. The molecule has 1 aromatic heterocycles. The number of aromatic nitrogens is 1. The summed E-state index contributed by atoms with van der Waals surface area (Å²) in [7, 11) is -4.06. The molecule has 2 aromatic rings. The molecule has 0 N–H and O–H groups in total. The third kappa shape index (κ3) is 5.14. The van der Waals surface area contributed by atoms with E-state index in [1.807, 2.05) is 18.2 Å². The number of halogens is 3. The number of nitrogens with zero attached hydrogens (tertiary/aromatic N) is 4. The summed E-state index contributed by atoms with van der Waals surface area (Å²) >= 11 is 0. The second-order valence-corrected chi connectivity index (χ2v) is 10.1. The van der Waals surface area contributed by atoms with Crippen LogP contribution in [0.1, 0.15) is 18.4 Å². The molecule has 3 heterocycles. The van der Waals surface area contributed by atoms with Crippen molar-refractivity contribution in [2.75, 3.05) is 44.2 Å². The zero-order valence-electron chi connectivity index (χ0n) is 17.9. The van der Waals surface area contributed by atoms with Crippen LogP contribution in [0.25, 0.3) is 0 Å². The Labute approximate surface area is 190 Å². The van der Waals surface area contributed by atoms with E-state index in [2.05, 4.69) is 9.88 Å². The van der Waals surface area contributed by atoms with Crippen molar-refractivity contribution in [2.24, 2.45) is 5.92 Å². The van der Waals surface area contributed by atoms with Crippen molar-refractivity contribution in [1.82, 2.24) is 14.2 Å². The highest BCUT2D eigenvalue weighted by molar-refractivity contribution is 7.89. The van der Waals surface area contributed by atoms with Crippen molar-refractivity contribution in [2.45, 2.75) is 23.9 Å². The SMILES string of the molecule is O=C(C1CCN(S(=O)(=O)c2cccc(C(F)(F)F)c2)CC1)N1CCN(c2ccccn2)CC1. The highest BCUT2D eigenvalue weighted by Gasteiger charge is 2.36. The summed E-state index contributed by atoms with van der Waals surface area (Å²) in [4.78, 5) is 20.9. The van der Waals surface area contributed by atoms with Gasteiger partial charge in [0.1, 0.15) is 5.82 Å². The summed E-state index contributed by atoms with van der Waals surface area (Å²) in [6.07, 6.45) is -2.20. The summed E-state index contributed by atoms with van der Waals surface area (Å²) < 4.78 is 65.8. The molecule has 0 aliphatic carbocycles. The lowest BCUT2D eigenvalue weighted by atomic mass is 9.96. The Morgan fingerprint density at radius 3 is 2.24 bits per heavy atom. The Morgan fingerprint density at radius 2 is 1.64 bits per heavy atom. The highest BCUT2D eigenvalue weighted by Crippen LogP contribution is 2.32. The number of piperidine rings is 1. The molecule has 33 heavy (non-hydrogen) atoms. The van der Waals surface area contributed by atoms with Crippen LogP contribution < -0.4 is 4.90 Å². The fourth-order valence-electron chi connectivity index (χ4n) is 4.28. The summed E-state index contributed by atoms with van der Waals surface area (Å²) in [6.45, 7) is 2.68. The van der Waals surface area contributed by atoms with Gasteiger partial charge in [-0.1, -0.05) is 12.1 Å². The minimum Gasteiger partial charge on any atom is -0.353 e. The van der Waals surface area contributed by atoms with Gasteiger partial charge in [-0.3, -0.25) is 4.79 Å². The van der Waals surface area contributed by atoms with E-state index in [0.29, 0.717) is 45.1 Å². The lowest BCUT2D eigenvalue weighted by Crippen LogP contribution is -2.52. The molecule has 2 aliphatic heterocycles. The van der Waals surface area contributed by atoms with Crippen molar-refractivity contribution in [3.8, 4) is 0 Å². The van der Waals surface area contributed by atoms with Crippen molar-refractivity contribution in [3.63, 3.8) is 0 Å². The van der Waals surface area contributed by atoms with Gasteiger partial charge in [-0.2, -0.15) is 17.5 Å². The fourth-order valence-corrected chi connectivity index (χ4v) is 5.80. The maximum absolute atomic E-state index is 13.0. The zero-order valence-corrected chi connectivity index (χ0v) is 18.7.